The molecule has 40 heavy (non-hydrogen) atoms. The van der Waals surface area contributed by atoms with Crippen molar-refractivity contribution in [3.8, 4) is 21.1 Å². The van der Waals surface area contributed by atoms with Crippen LogP contribution in [0.2, 0.25) is 0 Å². The number of carbonyl (C=O) groups is 1. The Balaban J connectivity index is 0.00000323. The van der Waals surface area contributed by atoms with Gasteiger partial charge in [-0.2, -0.15) is 8.42 Å². The van der Waals surface area contributed by atoms with Crippen LogP contribution in [0.4, 0.5) is 0 Å². The molecule has 2 heterocycles. The maximum Gasteiger partial charge on any atom is 0.296 e. The molecule has 0 saturated heterocycles. The molecule has 10 heteroatoms. The number of hydrogen-bond acceptors (Lipinski definition) is 8. The monoisotopic (exact) mass is 587 g/mol. The van der Waals surface area contributed by atoms with E-state index in [1.54, 1.807) is 30.4 Å². The Morgan fingerprint density at radius 3 is 2.12 bits per heavy atom. The zero-order valence-corrected chi connectivity index (χ0v) is 24.2. The first-order valence-electron chi connectivity index (χ1n) is 12.1. The van der Waals surface area contributed by atoms with Crippen LogP contribution in [-0.2, 0) is 16.5 Å². The number of nitrogens with zero attached hydrogens (tertiary/aromatic N) is 2. The highest BCUT2D eigenvalue weighted by Gasteiger charge is 2.21. The summed E-state index contributed by atoms with van der Waals surface area (Å²) in [6.45, 7) is 3.65. The number of ketones is 1. The largest absolute Gasteiger partial charge is 0.344 e. The van der Waals surface area contributed by atoms with Gasteiger partial charge in [-0.15, -0.1) is 22.7 Å². The van der Waals surface area contributed by atoms with Crippen LogP contribution in [0.1, 0.15) is 27.0 Å². The fraction of sp³-hybridized carbons (Fsp3) is 0.100. The Hall–Kier alpha value is -3.80. The Morgan fingerprint density at radius 1 is 0.800 bits per heavy atom. The van der Waals surface area contributed by atoms with Crippen molar-refractivity contribution in [1.29, 1.82) is 0 Å². The van der Waals surface area contributed by atoms with Gasteiger partial charge in [0.05, 0.1) is 20.4 Å². The Morgan fingerprint density at radius 2 is 1.43 bits per heavy atom. The third kappa shape index (κ3) is 5.32. The SMILES string of the molecule is Cc1ccc(C(=O)Cc2ccc(-c3nc4ccc(-c5nc6ccc(C)c(S(=O)(=O)O)c6s5)cc4s3)cc2)cc1.N. The first-order valence-corrected chi connectivity index (χ1v) is 15.2. The number of rotatable bonds is 6. The lowest BCUT2D eigenvalue weighted by Crippen LogP contribution is -2.03. The van der Waals surface area contributed by atoms with Gasteiger partial charge in [0.1, 0.15) is 14.9 Å². The highest BCUT2D eigenvalue weighted by atomic mass is 32.2. The molecule has 0 spiro atoms. The van der Waals surface area contributed by atoms with Crippen LogP contribution in [0.5, 0.6) is 0 Å². The summed E-state index contributed by atoms with van der Waals surface area (Å²) in [5, 5.41) is 1.53. The summed E-state index contributed by atoms with van der Waals surface area (Å²) < 4.78 is 35.1. The molecule has 2 aromatic heterocycles. The summed E-state index contributed by atoms with van der Waals surface area (Å²) >= 11 is 2.80. The first kappa shape index (κ1) is 27.8. The molecule has 0 saturated carbocycles. The normalized spacial score (nSPS) is 11.6. The molecule has 6 aromatic rings. The second-order valence-corrected chi connectivity index (χ2v) is 12.8. The summed E-state index contributed by atoms with van der Waals surface area (Å²) in [5.41, 5.74) is 6.47. The minimum atomic E-state index is -4.37. The molecule has 0 amide bonds. The number of carbonyl (C=O) groups excluding carboxylic acids is 1. The van der Waals surface area contributed by atoms with Crippen molar-refractivity contribution in [2.24, 2.45) is 0 Å². The zero-order valence-electron chi connectivity index (χ0n) is 21.7. The van der Waals surface area contributed by atoms with Gasteiger partial charge in [-0.3, -0.25) is 9.35 Å². The van der Waals surface area contributed by atoms with Gasteiger partial charge >= 0.3 is 0 Å². The highest BCUT2D eigenvalue weighted by molar-refractivity contribution is 7.86. The zero-order chi connectivity index (χ0) is 27.3. The van der Waals surface area contributed by atoms with E-state index < -0.39 is 10.1 Å². The van der Waals surface area contributed by atoms with Crippen LogP contribution in [0.3, 0.4) is 0 Å². The van der Waals surface area contributed by atoms with Gasteiger partial charge in [0.2, 0.25) is 0 Å². The van der Waals surface area contributed by atoms with Crippen molar-refractivity contribution in [2.45, 2.75) is 25.2 Å². The molecule has 6 rings (SSSR count). The molecule has 0 atom stereocenters. The topological polar surface area (TPSA) is 132 Å². The smallest absolute Gasteiger partial charge is 0.296 e. The van der Waals surface area contributed by atoms with Crippen molar-refractivity contribution in [3.63, 3.8) is 0 Å². The lowest BCUT2D eigenvalue weighted by Gasteiger charge is -2.03. The maximum atomic E-state index is 12.6. The van der Waals surface area contributed by atoms with Crippen molar-refractivity contribution < 1.29 is 17.8 Å². The average molecular weight is 588 g/mol. The van der Waals surface area contributed by atoms with E-state index in [9.17, 15) is 17.8 Å². The standard InChI is InChI=1S/C30H22N2O4S3.H3N/c1-17-3-8-20(9-4-17)25(33)15-19-6-10-21(11-7-19)29-31-23-14-12-22(16-26(23)37-29)30-32-24-13-5-18(2)28(27(24)38-30)39(34,35)36;/h3-14,16H,15H2,1-2H3,(H,34,35,36);1H3. The number of thiazole rings is 2. The number of Topliss-reactive ketones (excluding diaryl/α,β-unsaturated/α-hetero) is 1. The van der Waals surface area contributed by atoms with Crippen LogP contribution in [0, 0.1) is 13.8 Å². The van der Waals surface area contributed by atoms with Crippen molar-refractivity contribution in [3.05, 3.63) is 101 Å². The van der Waals surface area contributed by atoms with Gasteiger partial charge in [-0.25, -0.2) is 9.97 Å². The number of benzene rings is 4. The third-order valence-electron chi connectivity index (χ3n) is 6.54. The molecule has 202 valence electrons. The van der Waals surface area contributed by atoms with E-state index in [0.29, 0.717) is 32.8 Å². The van der Waals surface area contributed by atoms with E-state index in [1.165, 1.54) is 11.3 Å². The van der Waals surface area contributed by atoms with Gasteiger partial charge in [0.15, 0.2) is 5.78 Å². The molecule has 0 radical (unpaired) electrons. The second kappa shape index (κ2) is 10.6. The molecule has 0 aliphatic rings. The Kier molecular flexibility index (Phi) is 7.38. The summed E-state index contributed by atoms with van der Waals surface area (Å²) in [4.78, 5) is 22.0. The van der Waals surface area contributed by atoms with Gasteiger partial charge in [-0.1, -0.05) is 60.2 Å². The van der Waals surface area contributed by atoms with Crippen LogP contribution in [0.25, 0.3) is 41.6 Å². The van der Waals surface area contributed by atoms with Crippen LogP contribution >= 0.6 is 22.7 Å². The summed E-state index contributed by atoms with van der Waals surface area (Å²) in [6.07, 6.45) is 0.341. The van der Waals surface area contributed by atoms with Crippen molar-refractivity contribution in [1.82, 2.24) is 16.1 Å². The number of fused-ring (bicyclic) bond motifs is 2. The highest BCUT2D eigenvalue weighted by Crippen LogP contribution is 2.38. The summed E-state index contributed by atoms with van der Waals surface area (Å²) in [7, 11) is -4.37. The fourth-order valence-electron chi connectivity index (χ4n) is 4.48. The van der Waals surface area contributed by atoms with E-state index >= 15 is 0 Å². The first-order chi connectivity index (χ1) is 18.7. The molecule has 0 aliphatic heterocycles. The molecule has 4 aromatic carbocycles. The molecule has 7 nitrogen and oxygen atoms in total. The van der Waals surface area contributed by atoms with Crippen LogP contribution < -0.4 is 6.15 Å². The van der Waals surface area contributed by atoms with E-state index in [2.05, 4.69) is 4.98 Å². The predicted octanol–water partition coefficient (Wildman–Crippen LogP) is 7.69. The Labute approximate surface area is 239 Å². The van der Waals surface area contributed by atoms with Crippen molar-refractivity contribution in [2.75, 3.05) is 0 Å². The van der Waals surface area contributed by atoms with E-state index in [-0.39, 0.29) is 16.8 Å². The molecular formula is C30H25N3O4S3. The van der Waals surface area contributed by atoms with Crippen molar-refractivity contribution >= 4 is 59.0 Å². The predicted molar refractivity (Wildman–Crippen MR) is 162 cm³/mol. The van der Waals surface area contributed by atoms with E-state index in [0.717, 1.165) is 37.5 Å². The number of aryl methyl sites for hydroxylation is 2. The molecule has 0 unspecified atom stereocenters. The maximum absolute atomic E-state index is 12.6. The van der Waals surface area contributed by atoms with Gasteiger partial charge in [-0.05, 0) is 49.2 Å². The second-order valence-electron chi connectivity index (χ2n) is 9.42. The van der Waals surface area contributed by atoms with Gasteiger partial charge in [0, 0.05) is 23.1 Å². The third-order valence-corrected chi connectivity index (χ3v) is 9.92. The van der Waals surface area contributed by atoms with E-state index in [1.807, 2.05) is 73.7 Å². The number of hydrogen-bond donors (Lipinski definition) is 2. The molecule has 0 aliphatic carbocycles. The average Bonchev–Trinajstić information content (AvgIpc) is 3.52. The quantitative estimate of drug-likeness (QED) is 0.151. The fourth-order valence-corrected chi connectivity index (χ4v) is 7.80. The van der Waals surface area contributed by atoms with E-state index in [4.69, 9.17) is 4.98 Å². The molecular weight excluding hydrogens is 563 g/mol. The lowest BCUT2D eigenvalue weighted by molar-refractivity contribution is 0.0993. The van der Waals surface area contributed by atoms with Gasteiger partial charge < -0.3 is 6.15 Å². The molecule has 0 fully saturated rings. The van der Waals surface area contributed by atoms with Crippen LogP contribution in [0.15, 0.2) is 83.8 Å². The minimum absolute atomic E-state index is 0. The lowest BCUT2D eigenvalue weighted by atomic mass is 10.0. The minimum Gasteiger partial charge on any atom is -0.344 e. The van der Waals surface area contributed by atoms with Gasteiger partial charge in [0.25, 0.3) is 10.1 Å². The Bertz CT molecular complexity index is 1990. The molecule has 4 N–H and O–H groups in total. The summed E-state index contributed by atoms with van der Waals surface area (Å²) in [6, 6.07) is 24.8. The number of aromatic nitrogens is 2. The summed E-state index contributed by atoms with van der Waals surface area (Å²) in [5.74, 6) is 0.0870. The van der Waals surface area contributed by atoms with Crippen LogP contribution in [-0.4, -0.2) is 28.7 Å². The molecule has 0 bridgehead atoms.